The van der Waals surface area contributed by atoms with E-state index in [1.54, 1.807) is 24.3 Å². The minimum Gasteiger partial charge on any atom is -0.385 e. The van der Waals surface area contributed by atoms with Gasteiger partial charge in [0.1, 0.15) is 0 Å². The summed E-state index contributed by atoms with van der Waals surface area (Å²) in [6.07, 6.45) is -2.11. The molecule has 0 aliphatic carbocycles. The Bertz CT molecular complexity index is 695. The van der Waals surface area contributed by atoms with Crippen LogP contribution < -0.4 is 0 Å². The Morgan fingerprint density at radius 3 is 2.36 bits per heavy atom. The van der Waals surface area contributed by atoms with Crippen LogP contribution in [0.4, 0.5) is 8.78 Å². The quantitative estimate of drug-likeness (QED) is 0.822. The van der Waals surface area contributed by atoms with Crippen molar-refractivity contribution in [2.45, 2.75) is 43.9 Å². The van der Waals surface area contributed by atoms with E-state index in [1.165, 1.54) is 0 Å². The standard InChI is InChI=1S/C20H22ClF2NO/c1-14(15-5-3-2-4-6-15)24-12-11-20(25,13-18(24)19(22)23)16-7-9-17(21)10-8-16/h2-10,14,18-19,25H,11-13H2,1H3/t14-,18+,20-/m1/s1. The van der Waals surface area contributed by atoms with E-state index in [0.29, 0.717) is 23.6 Å². The third-order valence-electron chi connectivity index (χ3n) is 5.21. The number of likely N-dealkylation sites (tertiary alicyclic amines) is 1. The fraction of sp³-hybridized carbons (Fsp3) is 0.400. The van der Waals surface area contributed by atoms with E-state index in [2.05, 4.69) is 0 Å². The lowest BCUT2D eigenvalue weighted by atomic mass is 9.80. The first-order chi connectivity index (χ1) is 11.9. The van der Waals surface area contributed by atoms with Crippen LogP contribution in [-0.4, -0.2) is 29.0 Å². The van der Waals surface area contributed by atoms with Crippen molar-refractivity contribution in [3.63, 3.8) is 0 Å². The summed E-state index contributed by atoms with van der Waals surface area (Å²) in [5, 5.41) is 11.6. The Balaban J connectivity index is 1.84. The molecule has 1 saturated heterocycles. The molecule has 5 heteroatoms. The molecule has 1 aliphatic rings. The van der Waals surface area contributed by atoms with Gasteiger partial charge >= 0.3 is 0 Å². The van der Waals surface area contributed by atoms with Crippen LogP contribution in [0.1, 0.15) is 36.9 Å². The summed E-state index contributed by atoms with van der Waals surface area (Å²) in [4.78, 5) is 1.81. The van der Waals surface area contributed by atoms with Crippen molar-refractivity contribution in [1.29, 1.82) is 0 Å². The first-order valence-electron chi connectivity index (χ1n) is 8.48. The molecule has 1 aliphatic heterocycles. The minimum atomic E-state index is -2.52. The lowest BCUT2D eigenvalue weighted by molar-refractivity contribution is -0.103. The zero-order chi connectivity index (χ0) is 18.0. The molecule has 0 aromatic heterocycles. The molecule has 0 radical (unpaired) electrons. The first-order valence-corrected chi connectivity index (χ1v) is 8.86. The summed E-state index contributed by atoms with van der Waals surface area (Å²) in [6, 6.07) is 15.3. The van der Waals surface area contributed by atoms with Crippen LogP contribution in [-0.2, 0) is 5.60 Å². The number of aliphatic hydroxyl groups is 1. The molecule has 1 N–H and O–H groups in total. The highest BCUT2D eigenvalue weighted by Gasteiger charge is 2.44. The van der Waals surface area contributed by atoms with E-state index in [1.807, 2.05) is 42.2 Å². The molecule has 0 unspecified atom stereocenters. The number of nitrogens with zero attached hydrogens (tertiary/aromatic N) is 1. The number of hydrogen-bond donors (Lipinski definition) is 1. The molecule has 3 rings (SSSR count). The van der Waals surface area contributed by atoms with Crippen LogP contribution in [0.15, 0.2) is 54.6 Å². The number of benzene rings is 2. The topological polar surface area (TPSA) is 23.5 Å². The summed E-state index contributed by atoms with van der Waals surface area (Å²) in [5.41, 5.74) is 0.401. The largest absolute Gasteiger partial charge is 0.385 e. The summed E-state index contributed by atoms with van der Waals surface area (Å²) in [5.74, 6) is 0. The molecular formula is C20H22ClF2NO. The Hall–Kier alpha value is -1.49. The van der Waals surface area contributed by atoms with Gasteiger partial charge in [-0.2, -0.15) is 0 Å². The molecule has 3 atom stereocenters. The van der Waals surface area contributed by atoms with Crippen LogP contribution >= 0.6 is 11.6 Å². The maximum Gasteiger partial charge on any atom is 0.254 e. The number of hydrogen-bond acceptors (Lipinski definition) is 2. The van der Waals surface area contributed by atoms with E-state index in [0.717, 1.165) is 5.56 Å². The van der Waals surface area contributed by atoms with Gasteiger partial charge in [-0.3, -0.25) is 4.90 Å². The second kappa shape index (κ2) is 7.40. The first kappa shape index (κ1) is 18.3. The molecule has 0 spiro atoms. The molecule has 2 aromatic rings. The van der Waals surface area contributed by atoms with Gasteiger partial charge in [0.25, 0.3) is 6.43 Å². The van der Waals surface area contributed by atoms with E-state index >= 15 is 0 Å². The van der Waals surface area contributed by atoms with Crippen LogP contribution in [0.25, 0.3) is 0 Å². The van der Waals surface area contributed by atoms with Gasteiger partial charge < -0.3 is 5.11 Å². The molecule has 134 valence electrons. The molecule has 2 aromatic carbocycles. The second-order valence-corrected chi connectivity index (χ2v) is 7.16. The average molecular weight is 366 g/mol. The Kier molecular flexibility index (Phi) is 5.42. The highest BCUT2D eigenvalue weighted by atomic mass is 35.5. The monoisotopic (exact) mass is 365 g/mol. The predicted molar refractivity (Wildman–Crippen MR) is 95.9 cm³/mol. The Morgan fingerprint density at radius 1 is 1.12 bits per heavy atom. The maximum absolute atomic E-state index is 13.8. The third kappa shape index (κ3) is 3.86. The van der Waals surface area contributed by atoms with Gasteiger partial charge in [-0.1, -0.05) is 54.1 Å². The second-order valence-electron chi connectivity index (χ2n) is 6.72. The lowest BCUT2D eigenvalue weighted by Crippen LogP contribution is -2.52. The van der Waals surface area contributed by atoms with Crippen LogP contribution in [0.2, 0.25) is 5.02 Å². The molecule has 1 fully saturated rings. The fourth-order valence-corrected chi connectivity index (χ4v) is 3.83. The van der Waals surface area contributed by atoms with Gasteiger partial charge in [-0.25, -0.2) is 8.78 Å². The number of rotatable bonds is 4. The highest BCUT2D eigenvalue weighted by Crippen LogP contribution is 2.41. The predicted octanol–water partition coefficient (Wildman–Crippen LogP) is 5.02. The summed E-state index contributed by atoms with van der Waals surface area (Å²) >= 11 is 5.90. The smallest absolute Gasteiger partial charge is 0.254 e. The number of piperidine rings is 1. The van der Waals surface area contributed by atoms with Crippen molar-refractivity contribution in [1.82, 2.24) is 4.90 Å². The van der Waals surface area contributed by atoms with Gasteiger partial charge in [-0.15, -0.1) is 0 Å². The van der Waals surface area contributed by atoms with E-state index in [4.69, 9.17) is 11.6 Å². The average Bonchev–Trinajstić information content (AvgIpc) is 2.62. The van der Waals surface area contributed by atoms with Gasteiger partial charge in [0.2, 0.25) is 0 Å². The zero-order valence-corrected chi connectivity index (χ0v) is 14.8. The molecule has 1 heterocycles. The van der Waals surface area contributed by atoms with Crippen molar-refractivity contribution in [2.75, 3.05) is 6.54 Å². The molecule has 0 amide bonds. The van der Waals surface area contributed by atoms with Crippen LogP contribution in [0, 0.1) is 0 Å². The van der Waals surface area contributed by atoms with E-state index in [9.17, 15) is 13.9 Å². The molecule has 0 bridgehead atoms. The van der Waals surface area contributed by atoms with E-state index < -0.39 is 18.1 Å². The van der Waals surface area contributed by atoms with Gasteiger partial charge in [-0.05, 0) is 36.6 Å². The van der Waals surface area contributed by atoms with Crippen molar-refractivity contribution >= 4 is 11.6 Å². The lowest BCUT2D eigenvalue weighted by Gasteiger charge is -2.46. The fourth-order valence-electron chi connectivity index (χ4n) is 3.71. The Morgan fingerprint density at radius 2 is 1.76 bits per heavy atom. The van der Waals surface area contributed by atoms with Gasteiger partial charge in [0.15, 0.2) is 0 Å². The molecule has 2 nitrogen and oxygen atoms in total. The molecule has 25 heavy (non-hydrogen) atoms. The van der Waals surface area contributed by atoms with Crippen molar-refractivity contribution in [3.05, 3.63) is 70.7 Å². The zero-order valence-electron chi connectivity index (χ0n) is 14.1. The number of alkyl halides is 2. The number of halogens is 3. The highest BCUT2D eigenvalue weighted by molar-refractivity contribution is 6.30. The summed E-state index contributed by atoms with van der Waals surface area (Å²) < 4.78 is 27.6. The summed E-state index contributed by atoms with van der Waals surface area (Å²) in [6.45, 7) is 2.35. The van der Waals surface area contributed by atoms with Gasteiger partial charge in [0, 0.05) is 24.0 Å². The molecule has 0 saturated carbocycles. The third-order valence-corrected chi connectivity index (χ3v) is 5.46. The van der Waals surface area contributed by atoms with Crippen LogP contribution in [0.3, 0.4) is 0 Å². The van der Waals surface area contributed by atoms with Crippen LogP contribution in [0.5, 0.6) is 0 Å². The summed E-state index contributed by atoms with van der Waals surface area (Å²) in [7, 11) is 0. The van der Waals surface area contributed by atoms with E-state index in [-0.39, 0.29) is 12.5 Å². The molecular weight excluding hydrogens is 344 g/mol. The normalized spacial score (nSPS) is 25.9. The van der Waals surface area contributed by atoms with Crippen molar-refractivity contribution in [2.24, 2.45) is 0 Å². The van der Waals surface area contributed by atoms with Crippen molar-refractivity contribution < 1.29 is 13.9 Å². The minimum absolute atomic E-state index is 0.00345. The van der Waals surface area contributed by atoms with Gasteiger partial charge in [0.05, 0.1) is 11.6 Å². The Labute approximate surface area is 152 Å². The van der Waals surface area contributed by atoms with Crippen molar-refractivity contribution in [3.8, 4) is 0 Å². The SMILES string of the molecule is C[C@H](c1ccccc1)N1CC[C@](O)(c2ccc(Cl)cc2)C[C@H]1C(F)F. The maximum atomic E-state index is 13.8.